The molecule has 2 aromatic rings. The number of nitrogens with two attached hydrogens (primary N) is 1. The summed E-state index contributed by atoms with van der Waals surface area (Å²) in [6.45, 7) is 5.54. The van der Waals surface area contributed by atoms with E-state index < -0.39 is 17.6 Å². The van der Waals surface area contributed by atoms with Crippen molar-refractivity contribution in [3.05, 3.63) is 47.5 Å². The fourth-order valence-corrected chi connectivity index (χ4v) is 2.11. The van der Waals surface area contributed by atoms with Gasteiger partial charge in [0.05, 0.1) is 11.4 Å². The van der Waals surface area contributed by atoms with Crippen molar-refractivity contribution in [1.82, 2.24) is 9.97 Å². The molecule has 1 aromatic carbocycles. The van der Waals surface area contributed by atoms with Gasteiger partial charge in [-0.1, -0.05) is 18.7 Å². The molecule has 1 heterocycles. The number of alkyl halides is 3. The summed E-state index contributed by atoms with van der Waals surface area (Å²) in [5.41, 5.74) is 5.42. The summed E-state index contributed by atoms with van der Waals surface area (Å²) in [6, 6.07) is 6.79. The lowest BCUT2D eigenvalue weighted by molar-refractivity contribution is -0.137. The van der Waals surface area contributed by atoms with Crippen LogP contribution < -0.4 is 15.8 Å². The Labute approximate surface area is 135 Å². The Bertz CT molecular complexity index is 718. The summed E-state index contributed by atoms with van der Waals surface area (Å²) < 4.78 is 42.1. The number of benzene rings is 1. The number of hydrogen-bond donors (Lipinski definition) is 3. The second kappa shape index (κ2) is 6.78. The molecule has 0 amide bonds. The maximum Gasteiger partial charge on any atom is 0.421 e. The van der Waals surface area contributed by atoms with E-state index in [2.05, 4.69) is 26.6 Å². The van der Waals surface area contributed by atoms with Gasteiger partial charge < -0.3 is 15.8 Å². The third-order valence-electron chi connectivity index (χ3n) is 2.63. The van der Waals surface area contributed by atoms with Crippen molar-refractivity contribution in [1.29, 1.82) is 0 Å². The van der Waals surface area contributed by atoms with Crippen molar-refractivity contribution in [3.8, 4) is 0 Å². The summed E-state index contributed by atoms with van der Waals surface area (Å²) in [7, 11) is 0. The number of nitrogens with one attached hydrogen (secondary N) is 2. The number of nitrogen functional groups attached to an aromatic ring is 1. The third kappa shape index (κ3) is 4.52. The minimum absolute atomic E-state index is 0.248. The molecule has 0 fully saturated rings. The Morgan fingerprint density at radius 2 is 1.91 bits per heavy atom. The predicted molar refractivity (Wildman–Crippen MR) is 87.2 cm³/mol. The molecule has 0 aliphatic heterocycles. The molecule has 5 nitrogen and oxygen atoms in total. The average molecular weight is 341 g/mol. The number of allylic oxidation sites excluding steroid dienone is 1. The first-order valence-corrected chi connectivity index (χ1v) is 7.23. The molecule has 0 radical (unpaired) electrons. The zero-order chi connectivity index (χ0) is 17.0. The maximum atomic E-state index is 13.0. The molecule has 122 valence electrons. The van der Waals surface area contributed by atoms with Crippen molar-refractivity contribution < 1.29 is 13.2 Å². The molecule has 0 spiro atoms. The van der Waals surface area contributed by atoms with Gasteiger partial charge in [-0.05, 0) is 35.9 Å². The van der Waals surface area contributed by atoms with Crippen LogP contribution in [0.2, 0.25) is 0 Å². The molecular weight excluding hydrogens is 327 g/mol. The number of anilines is 4. The molecule has 9 heteroatoms. The van der Waals surface area contributed by atoms with E-state index in [4.69, 9.17) is 5.73 Å². The Morgan fingerprint density at radius 3 is 2.52 bits per heavy atom. The lowest BCUT2D eigenvalue weighted by Crippen LogP contribution is -2.13. The average Bonchev–Trinajstić information content (AvgIpc) is 2.45. The Kier molecular flexibility index (Phi) is 4.99. The van der Waals surface area contributed by atoms with Gasteiger partial charge in [0.15, 0.2) is 0 Å². The molecule has 0 bridgehead atoms. The molecule has 0 atom stereocenters. The Morgan fingerprint density at radius 1 is 1.26 bits per heavy atom. The second-order valence-corrected chi connectivity index (χ2v) is 5.67. The maximum absolute atomic E-state index is 13.0. The highest BCUT2D eigenvalue weighted by atomic mass is 32.2. The summed E-state index contributed by atoms with van der Waals surface area (Å²) >= 11 is 1.26. The van der Waals surface area contributed by atoms with Crippen LogP contribution in [0.15, 0.2) is 41.9 Å². The van der Waals surface area contributed by atoms with E-state index in [-0.39, 0.29) is 5.95 Å². The summed E-state index contributed by atoms with van der Waals surface area (Å²) in [6.07, 6.45) is -3.94. The number of rotatable bonds is 5. The molecule has 1 aromatic heterocycles. The van der Waals surface area contributed by atoms with Crippen LogP contribution in [0.1, 0.15) is 12.5 Å². The number of halogens is 3. The second-order valence-electron chi connectivity index (χ2n) is 4.56. The fourth-order valence-electron chi connectivity index (χ4n) is 1.65. The van der Waals surface area contributed by atoms with Crippen LogP contribution in [0.5, 0.6) is 0 Å². The highest BCUT2D eigenvalue weighted by Gasteiger charge is 2.35. The molecule has 0 saturated carbocycles. The molecule has 0 aliphatic rings. The molecule has 0 unspecified atom stereocenters. The van der Waals surface area contributed by atoms with E-state index in [1.165, 1.54) is 11.9 Å². The minimum Gasteiger partial charge on any atom is -0.368 e. The molecule has 0 saturated heterocycles. The first-order valence-electron chi connectivity index (χ1n) is 6.41. The zero-order valence-corrected chi connectivity index (χ0v) is 12.9. The number of para-hydroxylation sites is 2. The first-order chi connectivity index (χ1) is 10.8. The summed E-state index contributed by atoms with van der Waals surface area (Å²) in [4.78, 5) is 7.87. The Hall–Kier alpha value is -2.42. The topological polar surface area (TPSA) is 75.9 Å². The van der Waals surface area contributed by atoms with Gasteiger partial charge in [0.25, 0.3) is 0 Å². The van der Waals surface area contributed by atoms with Crippen molar-refractivity contribution >= 4 is 35.1 Å². The van der Waals surface area contributed by atoms with Crippen molar-refractivity contribution in [3.63, 3.8) is 0 Å². The van der Waals surface area contributed by atoms with Crippen LogP contribution in [-0.2, 0) is 6.18 Å². The smallest absolute Gasteiger partial charge is 0.368 e. The van der Waals surface area contributed by atoms with Crippen molar-refractivity contribution in [2.24, 2.45) is 0 Å². The van der Waals surface area contributed by atoms with Gasteiger partial charge in [-0.15, -0.1) is 0 Å². The van der Waals surface area contributed by atoms with Gasteiger partial charge in [-0.3, -0.25) is 0 Å². The molecule has 4 N–H and O–H groups in total. The third-order valence-corrected chi connectivity index (χ3v) is 3.30. The standard InChI is InChI=1S/C14H14F3N5S/c1-8(2)23-22-11-6-4-3-5-10(11)20-12-9(14(15,16)17)7-19-13(18)21-12/h3-7,22H,1H2,2H3,(H3,18,19,20,21). The normalized spacial score (nSPS) is 11.1. The molecule has 23 heavy (non-hydrogen) atoms. The minimum atomic E-state index is -4.59. The van der Waals surface area contributed by atoms with E-state index in [0.717, 1.165) is 4.91 Å². The van der Waals surface area contributed by atoms with Gasteiger partial charge >= 0.3 is 6.18 Å². The molecular formula is C14H14F3N5S. The first kappa shape index (κ1) is 16.9. The van der Waals surface area contributed by atoms with E-state index in [0.29, 0.717) is 17.6 Å². The van der Waals surface area contributed by atoms with Gasteiger partial charge in [0.2, 0.25) is 5.95 Å². The van der Waals surface area contributed by atoms with E-state index in [1.54, 1.807) is 31.2 Å². The SMILES string of the molecule is C=C(C)SNc1ccccc1Nc1nc(N)ncc1C(F)(F)F. The van der Waals surface area contributed by atoms with Crippen LogP contribution in [-0.4, -0.2) is 9.97 Å². The lowest BCUT2D eigenvalue weighted by atomic mass is 10.2. The van der Waals surface area contributed by atoms with Crippen LogP contribution in [0.4, 0.5) is 36.3 Å². The Balaban J connectivity index is 2.36. The van der Waals surface area contributed by atoms with E-state index in [1.807, 2.05) is 0 Å². The highest BCUT2D eigenvalue weighted by molar-refractivity contribution is 8.04. The van der Waals surface area contributed by atoms with Crippen LogP contribution in [0.25, 0.3) is 0 Å². The van der Waals surface area contributed by atoms with Gasteiger partial charge in [-0.25, -0.2) is 4.98 Å². The van der Waals surface area contributed by atoms with Crippen molar-refractivity contribution in [2.75, 3.05) is 15.8 Å². The van der Waals surface area contributed by atoms with Crippen LogP contribution >= 0.6 is 11.9 Å². The monoisotopic (exact) mass is 341 g/mol. The van der Waals surface area contributed by atoms with Gasteiger partial charge in [0, 0.05) is 6.20 Å². The van der Waals surface area contributed by atoms with E-state index >= 15 is 0 Å². The van der Waals surface area contributed by atoms with Gasteiger partial charge in [-0.2, -0.15) is 18.2 Å². The fraction of sp³-hybridized carbons (Fsp3) is 0.143. The van der Waals surface area contributed by atoms with Crippen LogP contribution in [0, 0.1) is 0 Å². The number of nitrogens with zero attached hydrogens (tertiary/aromatic N) is 2. The van der Waals surface area contributed by atoms with E-state index in [9.17, 15) is 13.2 Å². The van der Waals surface area contributed by atoms with Crippen LogP contribution in [0.3, 0.4) is 0 Å². The van der Waals surface area contributed by atoms with Gasteiger partial charge in [0.1, 0.15) is 11.4 Å². The zero-order valence-electron chi connectivity index (χ0n) is 12.1. The predicted octanol–water partition coefficient (Wildman–Crippen LogP) is 4.41. The number of hydrogen-bond acceptors (Lipinski definition) is 6. The summed E-state index contributed by atoms with van der Waals surface area (Å²) in [5, 5.41) is 2.66. The molecule has 0 aliphatic carbocycles. The van der Waals surface area contributed by atoms with Crippen molar-refractivity contribution in [2.45, 2.75) is 13.1 Å². The molecule has 2 rings (SSSR count). The highest BCUT2D eigenvalue weighted by Crippen LogP contribution is 2.36. The largest absolute Gasteiger partial charge is 0.421 e. The lowest BCUT2D eigenvalue weighted by Gasteiger charge is -2.16. The summed E-state index contributed by atoms with van der Waals surface area (Å²) in [5.74, 6) is -0.651. The number of aromatic nitrogens is 2. The quantitative estimate of drug-likeness (QED) is 0.699.